The first-order valence-corrected chi connectivity index (χ1v) is 5.53. The average Bonchev–Trinajstić information content (AvgIpc) is 2.38. The summed E-state index contributed by atoms with van der Waals surface area (Å²) in [4.78, 5) is 3.82. The summed E-state index contributed by atoms with van der Waals surface area (Å²) < 4.78 is 37.3. The Morgan fingerprint density at radius 1 is 1.11 bits per heavy atom. The van der Waals surface area contributed by atoms with E-state index in [1.54, 1.807) is 0 Å². The maximum atomic E-state index is 12.4. The summed E-state index contributed by atoms with van der Waals surface area (Å²) in [6, 6.07) is 7.97. The molecule has 0 aliphatic carbocycles. The van der Waals surface area contributed by atoms with Gasteiger partial charge in [0.1, 0.15) is 11.2 Å². The van der Waals surface area contributed by atoms with Crippen LogP contribution in [0.1, 0.15) is 11.1 Å². The van der Waals surface area contributed by atoms with Crippen LogP contribution in [0.15, 0.2) is 36.5 Å². The van der Waals surface area contributed by atoms with Gasteiger partial charge in [-0.1, -0.05) is 23.7 Å². The zero-order chi connectivity index (χ0) is 14.0. The van der Waals surface area contributed by atoms with Crippen molar-refractivity contribution in [1.29, 1.82) is 5.26 Å². The van der Waals surface area contributed by atoms with Crippen LogP contribution in [0.4, 0.5) is 13.2 Å². The third-order valence-corrected chi connectivity index (χ3v) is 2.81. The van der Waals surface area contributed by atoms with E-state index in [0.717, 1.165) is 12.1 Å². The summed E-state index contributed by atoms with van der Waals surface area (Å²) in [5.41, 5.74) is 0.529. The molecule has 1 aromatic heterocycles. The third kappa shape index (κ3) is 2.85. The Labute approximate surface area is 112 Å². The van der Waals surface area contributed by atoms with Crippen LogP contribution in [0.2, 0.25) is 5.15 Å². The molecule has 2 aromatic rings. The van der Waals surface area contributed by atoms with Crippen LogP contribution < -0.4 is 0 Å². The molecule has 0 radical (unpaired) electrons. The molecule has 2 nitrogen and oxygen atoms in total. The van der Waals surface area contributed by atoms with Gasteiger partial charge in [0, 0.05) is 11.8 Å². The van der Waals surface area contributed by atoms with E-state index in [9.17, 15) is 13.2 Å². The summed E-state index contributed by atoms with van der Waals surface area (Å²) in [6.45, 7) is 0. The Hall–Kier alpha value is -2.06. The molecule has 0 N–H and O–H groups in total. The smallest absolute Gasteiger partial charge is 0.243 e. The highest BCUT2D eigenvalue weighted by Gasteiger charge is 2.29. The molecule has 0 aliphatic rings. The molecule has 0 saturated heterocycles. The lowest BCUT2D eigenvalue weighted by Crippen LogP contribution is -2.04. The summed E-state index contributed by atoms with van der Waals surface area (Å²) in [7, 11) is 0. The Balaban J connectivity index is 2.41. The van der Waals surface area contributed by atoms with Gasteiger partial charge >= 0.3 is 6.18 Å². The fourth-order valence-corrected chi connectivity index (χ4v) is 1.68. The number of nitriles is 1. The number of aromatic nitrogens is 1. The number of hydrogen-bond acceptors (Lipinski definition) is 2. The molecule has 6 heteroatoms. The number of halogens is 4. The van der Waals surface area contributed by atoms with E-state index in [1.807, 2.05) is 6.07 Å². The number of rotatable bonds is 1. The Kier molecular flexibility index (Phi) is 3.45. The molecule has 1 aromatic carbocycles. The zero-order valence-corrected chi connectivity index (χ0v) is 10.1. The molecule has 0 unspecified atom stereocenters. The van der Waals surface area contributed by atoms with Crippen molar-refractivity contribution in [3.8, 4) is 17.2 Å². The Morgan fingerprint density at radius 3 is 2.26 bits per heavy atom. The molecule has 0 spiro atoms. The van der Waals surface area contributed by atoms with Crippen LogP contribution in [0, 0.1) is 11.3 Å². The molecule has 19 heavy (non-hydrogen) atoms. The van der Waals surface area contributed by atoms with Gasteiger partial charge in [-0.05, 0) is 23.8 Å². The Bertz CT molecular complexity index is 642. The molecule has 0 saturated carbocycles. The summed E-state index contributed by atoms with van der Waals surface area (Å²) in [5, 5.41) is 8.89. The highest BCUT2D eigenvalue weighted by atomic mass is 35.5. The Morgan fingerprint density at radius 2 is 1.74 bits per heavy atom. The van der Waals surface area contributed by atoms with Crippen molar-refractivity contribution in [2.24, 2.45) is 0 Å². The third-order valence-electron chi connectivity index (χ3n) is 2.51. The van der Waals surface area contributed by atoms with Crippen molar-refractivity contribution in [2.75, 3.05) is 0 Å². The van der Waals surface area contributed by atoms with Gasteiger partial charge in [-0.25, -0.2) is 4.98 Å². The lowest BCUT2D eigenvalue weighted by molar-refractivity contribution is -0.137. The number of nitrogens with zero attached hydrogens (tertiary/aromatic N) is 2. The van der Waals surface area contributed by atoms with Crippen molar-refractivity contribution < 1.29 is 13.2 Å². The highest BCUT2D eigenvalue weighted by molar-refractivity contribution is 6.30. The van der Waals surface area contributed by atoms with Gasteiger partial charge in [0.15, 0.2) is 0 Å². The molecule has 0 amide bonds. The first-order valence-electron chi connectivity index (χ1n) is 5.15. The summed E-state index contributed by atoms with van der Waals surface area (Å²) >= 11 is 5.69. The predicted molar refractivity (Wildman–Crippen MR) is 64.4 cm³/mol. The van der Waals surface area contributed by atoms with Crippen molar-refractivity contribution in [1.82, 2.24) is 4.98 Å². The van der Waals surface area contributed by atoms with E-state index in [0.29, 0.717) is 11.1 Å². The molecule has 0 fully saturated rings. The maximum Gasteiger partial charge on any atom is 0.416 e. The van der Waals surface area contributed by atoms with Crippen molar-refractivity contribution in [3.05, 3.63) is 52.8 Å². The van der Waals surface area contributed by atoms with Crippen LogP contribution in [0.25, 0.3) is 11.1 Å². The van der Waals surface area contributed by atoms with Gasteiger partial charge in [-0.15, -0.1) is 0 Å². The van der Waals surface area contributed by atoms with E-state index in [2.05, 4.69) is 4.98 Å². The fourth-order valence-electron chi connectivity index (χ4n) is 1.54. The van der Waals surface area contributed by atoms with Crippen LogP contribution in [-0.2, 0) is 6.18 Å². The molecule has 96 valence electrons. The fraction of sp³-hybridized carbons (Fsp3) is 0.0769. The van der Waals surface area contributed by atoms with Crippen LogP contribution >= 0.6 is 11.6 Å². The van der Waals surface area contributed by atoms with E-state index < -0.39 is 11.7 Å². The first-order chi connectivity index (χ1) is 8.91. The van der Waals surface area contributed by atoms with Crippen molar-refractivity contribution in [2.45, 2.75) is 6.18 Å². The van der Waals surface area contributed by atoms with Gasteiger partial charge in [-0.3, -0.25) is 0 Å². The largest absolute Gasteiger partial charge is 0.416 e. The van der Waals surface area contributed by atoms with Gasteiger partial charge in [0.05, 0.1) is 11.1 Å². The number of alkyl halides is 3. The van der Waals surface area contributed by atoms with Gasteiger partial charge in [-0.2, -0.15) is 18.4 Å². The van der Waals surface area contributed by atoms with Gasteiger partial charge in [0.25, 0.3) is 0 Å². The number of benzene rings is 1. The average molecular weight is 283 g/mol. The van der Waals surface area contributed by atoms with E-state index in [1.165, 1.54) is 24.4 Å². The lowest BCUT2D eigenvalue weighted by Gasteiger charge is -2.08. The lowest BCUT2D eigenvalue weighted by atomic mass is 10.0. The minimum atomic E-state index is -4.37. The van der Waals surface area contributed by atoms with Crippen molar-refractivity contribution in [3.63, 3.8) is 0 Å². The second-order valence-electron chi connectivity index (χ2n) is 3.75. The molecular weight excluding hydrogens is 277 g/mol. The normalized spacial score (nSPS) is 11.1. The molecule has 0 atom stereocenters. The monoisotopic (exact) mass is 282 g/mol. The highest BCUT2D eigenvalue weighted by Crippen LogP contribution is 2.31. The number of hydrogen-bond donors (Lipinski definition) is 0. The quantitative estimate of drug-likeness (QED) is 0.732. The number of pyridine rings is 1. The summed E-state index contributed by atoms with van der Waals surface area (Å²) in [6.07, 6.45) is -2.96. The molecule has 0 aliphatic heterocycles. The van der Waals surface area contributed by atoms with Gasteiger partial charge < -0.3 is 0 Å². The first kappa shape index (κ1) is 13.4. The van der Waals surface area contributed by atoms with E-state index in [-0.39, 0.29) is 10.7 Å². The van der Waals surface area contributed by atoms with Crippen LogP contribution in [0.5, 0.6) is 0 Å². The maximum absolute atomic E-state index is 12.4. The van der Waals surface area contributed by atoms with Crippen molar-refractivity contribution >= 4 is 11.6 Å². The minimum Gasteiger partial charge on any atom is -0.243 e. The zero-order valence-electron chi connectivity index (χ0n) is 9.37. The van der Waals surface area contributed by atoms with Crippen LogP contribution in [0.3, 0.4) is 0 Å². The minimum absolute atomic E-state index is 0.0677. The van der Waals surface area contributed by atoms with Gasteiger partial charge in [0.2, 0.25) is 0 Å². The van der Waals surface area contributed by atoms with E-state index >= 15 is 0 Å². The molecule has 2 rings (SSSR count). The SMILES string of the molecule is N#Cc1cc(-c2ccc(C(F)(F)F)cc2)cnc1Cl. The second-order valence-corrected chi connectivity index (χ2v) is 4.11. The summed E-state index contributed by atoms with van der Waals surface area (Å²) in [5.74, 6) is 0. The van der Waals surface area contributed by atoms with E-state index in [4.69, 9.17) is 16.9 Å². The topological polar surface area (TPSA) is 36.7 Å². The molecule has 0 bridgehead atoms. The molecule has 1 heterocycles. The predicted octanol–water partition coefficient (Wildman–Crippen LogP) is 4.29. The van der Waals surface area contributed by atoms with Crippen LogP contribution in [-0.4, -0.2) is 4.98 Å². The molecular formula is C13H6ClF3N2. The second kappa shape index (κ2) is 4.90. The standard InChI is InChI=1S/C13H6ClF3N2/c14-12-9(6-18)5-10(7-19-12)8-1-3-11(4-2-8)13(15,16)17/h1-5,7H.